The van der Waals surface area contributed by atoms with E-state index in [4.69, 9.17) is 0 Å². The van der Waals surface area contributed by atoms with Crippen LogP contribution in [0.3, 0.4) is 0 Å². The molecule has 5 nitrogen and oxygen atoms in total. The minimum atomic E-state index is -3.52. The second kappa shape index (κ2) is 7.68. The van der Waals surface area contributed by atoms with E-state index < -0.39 is 15.4 Å². The lowest BCUT2D eigenvalue weighted by molar-refractivity contribution is -0.124. The van der Waals surface area contributed by atoms with Crippen molar-refractivity contribution in [3.63, 3.8) is 0 Å². The van der Waals surface area contributed by atoms with Gasteiger partial charge in [-0.15, -0.1) is 0 Å². The lowest BCUT2D eigenvalue weighted by Gasteiger charge is -2.40. The maximum Gasteiger partial charge on any atom is 0.243 e. The number of amides is 1. The molecule has 1 amide bonds. The van der Waals surface area contributed by atoms with E-state index in [0.717, 1.165) is 44.1 Å². The smallest absolute Gasteiger partial charge is 0.243 e. The number of carbonyl (C=O) groups is 1. The number of benzene rings is 2. The highest BCUT2D eigenvalue weighted by Crippen LogP contribution is 2.44. The Kier molecular flexibility index (Phi) is 5.25. The van der Waals surface area contributed by atoms with Crippen molar-refractivity contribution in [1.82, 2.24) is 4.31 Å². The van der Waals surface area contributed by atoms with Gasteiger partial charge in [0.05, 0.1) is 10.3 Å². The van der Waals surface area contributed by atoms with Crippen LogP contribution in [0.25, 0.3) is 0 Å². The van der Waals surface area contributed by atoms with Crippen molar-refractivity contribution in [3.05, 3.63) is 60.2 Å². The molecule has 6 heteroatoms. The first-order valence-corrected chi connectivity index (χ1v) is 11.4. The molecule has 0 aromatic heterocycles. The number of hydrogen-bond acceptors (Lipinski definition) is 3. The van der Waals surface area contributed by atoms with E-state index in [1.807, 2.05) is 30.3 Å². The number of sulfonamides is 1. The zero-order valence-electron chi connectivity index (χ0n) is 15.9. The van der Waals surface area contributed by atoms with Crippen molar-refractivity contribution in [2.24, 2.45) is 0 Å². The summed E-state index contributed by atoms with van der Waals surface area (Å²) in [6.45, 7) is 1.13. The highest BCUT2D eigenvalue weighted by atomic mass is 32.2. The van der Waals surface area contributed by atoms with Crippen molar-refractivity contribution in [3.8, 4) is 0 Å². The van der Waals surface area contributed by atoms with Gasteiger partial charge in [-0.25, -0.2) is 8.42 Å². The number of piperidine rings is 1. The van der Waals surface area contributed by atoms with Crippen LogP contribution in [0.4, 0.5) is 5.69 Å². The van der Waals surface area contributed by atoms with Crippen LogP contribution in [0.5, 0.6) is 0 Å². The van der Waals surface area contributed by atoms with Crippen LogP contribution in [-0.2, 0) is 20.2 Å². The summed E-state index contributed by atoms with van der Waals surface area (Å²) in [5, 5.41) is 2.98. The van der Waals surface area contributed by atoms with Gasteiger partial charge in [-0.05, 0) is 49.4 Å². The lowest BCUT2D eigenvalue weighted by Crippen LogP contribution is -2.46. The molecule has 2 aromatic rings. The molecule has 1 aliphatic carbocycles. The van der Waals surface area contributed by atoms with Gasteiger partial charge in [0.2, 0.25) is 15.9 Å². The van der Waals surface area contributed by atoms with E-state index in [0.29, 0.717) is 18.8 Å². The number of nitrogens with zero attached hydrogens (tertiary/aromatic N) is 1. The van der Waals surface area contributed by atoms with E-state index in [-0.39, 0.29) is 10.8 Å². The third-order valence-electron chi connectivity index (χ3n) is 6.01. The second-order valence-electron chi connectivity index (χ2n) is 7.75. The Morgan fingerprint density at radius 1 is 0.893 bits per heavy atom. The molecular formula is C22H26N2O3S. The van der Waals surface area contributed by atoms with Crippen molar-refractivity contribution >= 4 is 21.6 Å². The molecule has 0 atom stereocenters. The van der Waals surface area contributed by atoms with Crippen LogP contribution >= 0.6 is 0 Å². The normalized spacial score (nSPS) is 19.6. The summed E-state index contributed by atoms with van der Waals surface area (Å²) >= 11 is 0. The first kappa shape index (κ1) is 19.2. The minimum Gasteiger partial charge on any atom is -0.325 e. The van der Waals surface area contributed by atoms with Gasteiger partial charge < -0.3 is 5.32 Å². The van der Waals surface area contributed by atoms with E-state index in [2.05, 4.69) is 5.32 Å². The number of carbonyl (C=O) groups excluding carboxylic acids is 1. The largest absolute Gasteiger partial charge is 0.325 e. The Bertz CT molecular complexity index is 947. The van der Waals surface area contributed by atoms with Gasteiger partial charge in [-0.2, -0.15) is 4.31 Å². The topological polar surface area (TPSA) is 66.5 Å². The SMILES string of the molecule is O=C(Nc1cccc(S(=O)(=O)N2CCCCC2)c1)C1(c2ccccc2)CCC1. The number of hydrogen-bond donors (Lipinski definition) is 1. The summed E-state index contributed by atoms with van der Waals surface area (Å²) in [5.41, 5.74) is 1.05. The minimum absolute atomic E-state index is 0.0579. The Morgan fingerprint density at radius 3 is 2.25 bits per heavy atom. The first-order chi connectivity index (χ1) is 13.5. The molecule has 1 aliphatic heterocycles. The van der Waals surface area contributed by atoms with Gasteiger partial charge in [-0.1, -0.05) is 49.2 Å². The van der Waals surface area contributed by atoms with Crippen molar-refractivity contribution in [2.75, 3.05) is 18.4 Å². The average molecular weight is 399 g/mol. The molecular weight excluding hydrogens is 372 g/mol. The summed E-state index contributed by atoms with van der Waals surface area (Å²) in [7, 11) is -3.52. The van der Waals surface area contributed by atoms with Gasteiger partial charge in [0.25, 0.3) is 0 Å². The Morgan fingerprint density at radius 2 is 1.61 bits per heavy atom. The molecule has 148 valence electrons. The van der Waals surface area contributed by atoms with Gasteiger partial charge in [0.15, 0.2) is 0 Å². The van der Waals surface area contributed by atoms with Gasteiger partial charge in [0, 0.05) is 18.8 Å². The third kappa shape index (κ3) is 3.47. The zero-order chi connectivity index (χ0) is 19.6. The number of nitrogens with one attached hydrogen (secondary N) is 1. The number of anilines is 1. The molecule has 2 fully saturated rings. The molecule has 2 aliphatic rings. The Hall–Kier alpha value is -2.18. The summed E-state index contributed by atoms with van der Waals surface area (Å²) in [4.78, 5) is 13.4. The third-order valence-corrected chi connectivity index (χ3v) is 7.91. The van der Waals surface area contributed by atoms with Crippen molar-refractivity contribution in [2.45, 2.75) is 48.8 Å². The predicted molar refractivity (Wildman–Crippen MR) is 110 cm³/mol. The van der Waals surface area contributed by atoms with Gasteiger partial charge in [0.1, 0.15) is 0 Å². The highest BCUT2D eigenvalue weighted by molar-refractivity contribution is 7.89. The van der Waals surface area contributed by atoms with Crippen molar-refractivity contribution < 1.29 is 13.2 Å². The highest BCUT2D eigenvalue weighted by Gasteiger charge is 2.45. The molecule has 28 heavy (non-hydrogen) atoms. The zero-order valence-corrected chi connectivity index (χ0v) is 16.7. The van der Waals surface area contributed by atoms with Crippen molar-refractivity contribution in [1.29, 1.82) is 0 Å². The summed E-state index contributed by atoms with van der Waals surface area (Å²) in [6.07, 6.45) is 5.52. The Labute approximate surface area is 166 Å². The summed E-state index contributed by atoms with van der Waals surface area (Å²) < 4.78 is 27.4. The fourth-order valence-electron chi connectivity index (χ4n) is 4.17. The second-order valence-corrected chi connectivity index (χ2v) is 9.69. The molecule has 0 radical (unpaired) electrons. The van der Waals surface area contributed by atoms with Gasteiger partial charge >= 0.3 is 0 Å². The van der Waals surface area contributed by atoms with Crippen LogP contribution in [0.1, 0.15) is 44.1 Å². The molecule has 1 N–H and O–H groups in total. The summed E-state index contributed by atoms with van der Waals surface area (Å²) in [6, 6.07) is 16.5. The fourth-order valence-corrected chi connectivity index (χ4v) is 5.74. The monoisotopic (exact) mass is 398 g/mol. The predicted octanol–water partition coefficient (Wildman–Crippen LogP) is 3.92. The fraction of sp³-hybridized carbons (Fsp3) is 0.409. The standard InChI is InChI=1S/C22H26N2O3S/c25-21(22(13-8-14-22)18-9-3-1-4-10-18)23-19-11-7-12-20(17-19)28(26,27)24-15-5-2-6-16-24/h1,3-4,7,9-12,17H,2,5-6,8,13-16H2,(H,23,25). The molecule has 4 rings (SSSR count). The van der Waals surface area contributed by atoms with E-state index >= 15 is 0 Å². The first-order valence-electron chi connectivity index (χ1n) is 10.00. The number of rotatable bonds is 5. The molecule has 1 saturated carbocycles. The molecule has 0 spiro atoms. The van der Waals surface area contributed by atoms with Crippen LogP contribution in [0.2, 0.25) is 0 Å². The van der Waals surface area contributed by atoms with Crippen LogP contribution < -0.4 is 5.32 Å². The van der Waals surface area contributed by atoms with E-state index in [1.165, 1.54) is 0 Å². The Balaban J connectivity index is 1.56. The summed E-state index contributed by atoms with van der Waals surface area (Å²) in [5.74, 6) is -0.0579. The van der Waals surface area contributed by atoms with E-state index in [9.17, 15) is 13.2 Å². The maximum absolute atomic E-state index is 13.1. The molecule has 1 saturated heterocycles. The van der Waals surface area contributed by atoms with Crippen LogP contribution in [0, 0.1) is 0 Å². The molecule has 1 heterocycles. The van der Waals surface area contributed by atoms with Crippen LogP contribution in [-0.4, -0.2) is 31.7 Å². The maximum atomic E-state index is 13.1. The molecule has 0 unspecified atom stereocenters. The van der Waals surface area contributed by atoms with E-state index in [1.54, 1.807) is 28.6 Å². The quantitative estimate of drug-likeness (QED) is 0.830. The average Bonchev–Trinajstić information content (AvgIpc) is 2.69. The molecule has 0 bridgehead atoms. The lowest BCUT2D eigenvalue weighted by atomic mass is 9.64. The van der Waals surface area contributed by atoms with Gasteiger partial charge in [-0.3, -0.25) is 4.79 Å². The molecule has 2 aromatic carbocycles. The van der Waals surface area contributed by atoms with Crippen LogP contribution in [0.15, 0.2) is 59.5 Å².